The molecule has 0 aliphatic heterocycles. The van der Waals surface area contributed by atoms with Crippen LogP contribution in [-0.4, -0.2) is 4.98 Å². The number of hydrogen-bond donors (Lipinski definition) is 1. The van der Waals surface area contributed by atoms with E-state index in [2.05, 4.69) is 18.8 Å². The summed E-state index contributed by atoms with van der Waals surface area (Å²) >= 11 is 1.72. The van der Waals surface area contributed by atoms with E-state index in [1.54, 1.807) is 11.3 Å². The van der Waals surface area contributed by atoms with Gasteiger partial charge in [-0.15, -0.1) is 11.3 Å². The molecule has 1 aromatic heterocycles. The molecule has 0 fully saturated rings. The van der Waals surface area contributed by atoms with Crippen molar-refractivity contribution in [2.45, 2.75) is 46.1 Å². The minimum Gasteiger partial charge on any atom is -0.323 e. The highest BCUT2D eigenvalue weighted by Gasteiger charge is 2.13. The lowest BCUT2D eigenvalue weighted by atomic mass is 9.95. The normalized spacial score (nSPS) is 13.5. The Morgan fingerprint density at radius 1 is 1.43 bits per heavy atom. The van der Waals surface area contributed by atoms with Crippen molar-refractivity contribution >= 4 is 11.3 Å². The van der Waals surface area contributed by atoms with Crippen LogP contribution >= 0.6 is 11.3 Å². The van der Waals surface area contributed by atoms with E-state index in [0.717, 1.165) is 17.3 Å². The largest absolute Gasteiger partial charge is 0.323 e. The molecule has 0 amide bonds. The second-order valence-corrected chi connectivity index (χ2v) is 5.07. The van der Waals surface area contributed by atoms with Crippen LogP contribution in [-0.2, 0) is 0 Å². The summed E-state index contributed by atoms with van der Waals surface area (Å²) in [5.74, 6) is 0.757. The number of thiazole rings is 1. The highest BCUT2D eigenvalue weighted by atomic mass is 32.1. The third-order valence-electron chi connectivity index (χ3n) is 2.75. The molecule has 0 bridgehead atoms. The van der Waals surface area contributed by atoms with E-state index in [9.17, 15) is 0 Å². The first kappa shape index (κ1) is 11.7. The molecule has 3 heteroatoms. The monoisotopic (exact) mass is 212 g/mol. The Hall–Kier alpha value is -0.410. The third-order valence-corrected chi connectivity index (χ3v) is 3.79. The van der Waals surface area contributed by atoms with E-state index >= 15 is 0 Å². The predicted molar refractivity (Wildman–Crippen MR) is 62.5 cm³/mol. The topological polar surface area (TPSA) is 38.9 Å². The lowest BCUT2D eigenvalue weighted by Crippen LogP contribution is -2.13. The van der Waals surface area contributed by atoms with E-state index in [4.69, 9.17) is 5.73 Å². The van der Waals surface area contributed by atoms with Gasteiger partial charge >= 0.3 is 0 Å². The van der Waals surface area contributed by atoms with Gasteiger partial charge in [-0.3, -0.25) is 0 Å². The fraction of sp³-hybridized carbons (Fsp3) is 0.727. The summed E-state index contributed by atoms with van der Waals surface area (Å²) in [4.78, 5) is 5.47. The second-order valence-electron chi connectivity index (χ2n) is 3.81. The Morgan fingerprint density at radius 3 is 2.50 bits per heavy atom. The molecule has 2 nitrogen and oxygen atoms in total. The fourth-order valence-electron chi connectivity index (χ4n) is 1.65. The average Bonchev–Trinajstić information content (AvgIpc) is 2.61. The number of aryl methyl sites for hydroxylation is 1. The highest BCUT2D eigenvalue weighted by Crippen LogP contribution is 2.26. The maximum absolute atomic E-state index is 6.13. The Labute approximate surface area is 90.6 Å². The van der Waals surface area contributed by atoms with Crippen molar-refractivity contribution < 1.29 is 0 Å². The summed E-state index contributed by atoms with van der Waals surface area (Å²) in [7, 11) is 0. The van der Waals surface area contributed by atoms with Gasteiger partial charge in [-0.05, 0) is 19.3 Å². The minimum atomic E-state index is 0.186. The predicted octanol–water partition coefficient (Wildman–Crippen LogP) is 3.28. The molecule has 2 N–H and O–H groups in total. The smallest absolute Gasteiger partial charge is 0.0897 e. The zero-order valence-corrected chi connectivity index (χ0v) is 10.1. The summed E-state index contributed by atoms with van der Waals surface area (Å²) in [5.41, 5.74) is 6.13. The number of rotatable bonds is 5. The first-order valence-electron chi connectivity index (χ1n) is 5.35. The Bertz CT molecular complexity index is 266. The summed E-state index contributed by atoms with van der Waals surface area (Å²) < 4.78 is 0. The van der Waals surface area contributed by atoms with Gasteiger partial charge in [0.1, 0.15) is 0 Å². The van der Waals surface area contributed by atoms with Gasteiger partial charge in [0.2, 0.25) is 0 Å². The Kier molecular flexibility index (Phi) is 4.55. The van der Waals surface area contributed by atoms with Gasteiger partial charge in [0.25, 0.3) is 0 Å². The quantitative estimate of drug-likeness (QED) is 0.813. The van der Waals surface area contributed by atoms with Crippen molar-refractivity contribution in [3.63, 3.8) is 0 Å². The van der Waals surface area contributed by atoms with Gasteiger partial charge in [-0.25, -0.2) is 4.98 Å². The van der Waals surface area contributed by atoms with Crippen LogP contribution in [0.3, 0.4) is 0 Å². The molecule has 0 saturated heterocycles. The first-order valence-corrected chi connectivity index (χ1v) is 6.16. The number of nitrogens with two attached hydrogens (primary N) is 1. The molecule has 0 aliphatic rings. The molecule has 14 heavy (non-hydrogen) atoms. The van der Waals surface area contributed by atoms with Crippen LogP contribution in [0.2, 0.25) is 0 Å². The van der Waals surface area contributed by atoms with E-state index in [1.165, 1.54) is 17.7 Å². The van der Waals surface area contributed by atoms with E-state index < -0.39 is 0 Å². The first-order chi connectivity index (χ1) is 6.67. The van der Waals surface area contributed by atoms with Crippen LogP contribution < -0.4 is 5.73 Å². The van der Waals surface area contributed by atoms with Gasteiger partial charge < -0.3 is 5.73 Å². The average molecular weight is 212 g/mol. The number of aromatic nitrogens is 1. The van der Waals surface area contributed by atoms with Crippen molar-refractivity contribution in [2.75, 3.05) is 0 Å². The van der Waals surface area contributed by atoms with Crippen LogP contribution in [0.5, 0.6) is 0 Å². The molecule has 1 unspecified atom stereocenters. The van der Waals surface area contributed by atoms with Gasteiger partial charge in [-0.2, -0.15) is 0 Å². The minimum absolute atomic E-state index is 0.186. The van der Waals surface area contributed by atoms with Crippen LogP contribution in [0.4, 0.5) is 0 Å². The lowest BCUT2D eigenvalue weighted by Gasteiger charge is -2.16. The van der Waals surface area contributed by atoms with Gasteiger partial charge in [0, 0.05) is 17.1 Å². The summed E-state index contributed by atoms with van der Waals surface area (Å²) in [6, 6.07) is 0.186. The molecule has 1 atom stereocenters. The molecule has 80 valence electrons. The van der Waals surface area contributed by atoms with Crippen molar-refractivity contribution in [3.8, 4) is 0 Å². The molecule has 0 saturated carbocycles. The van der Waals surface area contributed by atoms with Gasteiger partial charge in [-0.1, -0.05) is 26.7 Å². The number of hydrogen-bond acceptors (Lipinski definition) is 3. The number of nitrogens with zero attached hydrogens (tertiary/aromatic N) is 1. The molecule has 0 spiro atoms. The zero-order valence-electron chi connectivity index (χ0n) is 9.29. The fourth-order valence-corrected chi connectivity index (χ4v) is 2.45. The van der Waals surface area contributed by atoms with Crippen molar-refractivity contribution in [1.82, 2.24) is 4.98 Å². The van der Waals surface area contributed by atoms with Crippen LogP contribution in [0.25, 0.3) is 0 Å². The standard InChI is InChI=1S/C11H20N2S/c1-4-9(5-2)6-10(12)11-7-13-8(3)14-11/h7,9-10H,4-6,12H2,1-3H3. The summed E-state index contributed by atoms with van der Waals surface area (Å²) in [5, 5.41) is 1.11. The maximum atomic E-state index is 6.13. The van der Waals surface area contributed by atoms with E-state index in [1.807, 2.05) is 13.1 Å². The van der Waals surface area contributed by atoms with Crippen LogP contribution in [0, 0.1) is 12.8 Å². The SMILES string of the molecule is CCC(CC)CC(N)c1cnc(C)s1. The molecule has 0 aromatic carbocycles. The Morgan fingerprint density at radius 2 is 2.07 bits per heavy atom. The highest BCUT2D eigenvalue weighted by molar-refractivity contribution is 7.11. The third kappa shape index (κ3) is 3.07. The molecule has 0 aliphatic carbocycles. The molecule has 0 radical (unpaired) electrons. The summed E-state index contributed by atoms with van der Waals surface area (Å²) in [6.07, 6.45) is 5.46. The maximum Gasteiger partial charge on any atom is 0.0897 e. The van der Waals surface area contributed by atoms with Crippen molar-refractivity contribution in [1.29, 1.82) is 0 Å². The Balaban J connectivity index is 2.53. The van der Waals surface area contributed by atoms with Gasteiger partial charge in [0.05, 0.1) is 5.01 Å². The molecular weight excluding hydrogens is 192 g/mol. The molecule has 1 heterocycles. The van der Waals surface area contributed by atoms with Crippen molar-refractivity contribution in [2.24, 2.45) is 11.7 Å². The second kappa shape index (κ2) is 5.47. The van der Waals surface area contributed by atoms with Crippen LogP contribution in [0.1, 0.15) is 49.0 Å². The lowest BCUT2D eigenvalue weighted by molar-refractivity contribution is 0.417. The van der Waals surface area contributed by atoms with Crippen LogP contribution in [0.15, 0.2) is 6.20 Å². The van der Waals surface area contributed by atoms with E-state index in [0.29, 0.717) is 0 Å². The molecular formula is C11H20N2S. The molecule has 1 rings (SSSR count). The molecule has 1 aromatic rings. The van der Waals surface area contributed by atoms with E-state index in [-0.39, 0.29) is 6.04 Å². The van der Waals surface area contributed by atoms with Gasteiger partial charge in [0.15, 0.2) is 0 Å². The summed E-state index contributed by atoms with van der Waals surface area (Å²) in [6.45, 7) is 6.50. The van der Waals surface area contributed by atoms with Crippen molar-refractivity contribution in [3.05, 3.63) is 16.1 Å². The zero-order chi connectivity index (χ0) is 10.6.